The van der Waals surface area contributed by atoms with E-state index in [1.165, 1.54) is 0 Å². The molecule has 0 aliphatic rings. The lowest BCUT2D eigenvalue weighted by atomic mass is 10.1. The number of hydrogen-bond donors (Lipinski definition) is 2. The molecule has 102 valence electrons. The summed E-state index contributed by atoms with van der Waals surface area (Å²) in [5.41, 5.74) is 1.47. The summed E-state index contributed by atoms with van der Waals surface area (Å²) in [6.07, 6.45) is 3.87. The van der Waals surface area contributed by atoms with Crippen molar-refractivity contribution in [2.75, 3.05) is 11.9 Å². The Morgan fingerprint density at radius 3 is 2.74 bits per heavy atom. The van der Waals surface area contributed by atoms with Gasteiger partial charge in [0.2, 0.25) is 0 Å². The summed E-state index contributed by atoms with van der Waals surface area (Å²) in [5.74, 6) is -0.731. The minimum Gasteiger partial charge on any atom is -0.481 e. The van der Waals surface area contributed by atoms with Gasteiger partial charge in [-0.05, 0) is 31.0 Å². The molecule has 5 heteroatoms. The van der Waals surface area contributed by atoms with Crippen LogP contribution in [0.15, 0.2) is 22.7 Å². The highest BCUT2D eigenvalue weighted by Gasteiger charge is 2.02. The van der Waals surface area contributed by atoms with E-state index in [2.05, 4.69) is 27.3 Å². The molecule has 0 saturated heterocycles. The lowest BCUT2D eigenvalue weighted by Crippen LogP contribution is -2.03. The molecule has 0 spiro atoms. The van der Waals surface area contributed by atoms with Crippen molar-refractivity contribution in [3.05, 3.63) is 28.2 Å². The number of nitrogens with one attached hydrogen (secondary N) is 1. The van der Waals surface area contributed by atoms with E-state index >= 15 is 0 Å². The molecule has 0 amide bonds. The summed E-state index contributed by atoms with van der Waals surface area (Å²) in [6, 6.07) is 7.66. The largest absolute Gasteiger partial charge is 0.481 e. The van der Waals surface area contributed by atoms with Crippen LogP contribution in [-0.4, -0.2) is 17.6 Å². The van der Waals surface area contributed by atoms with Crippen LogP contribution < -0.4 is 5.32 Å². The first-order valence-corrected chi connectivity index (χ1v) is 7.08. The summed E-state index contributed by atoms with van der Waals surface area (Å²) < 4.78 is 0.940. The highest BCUT2D eigenvalue weighted by molar-refractivity contribution is 9.10. The highest BCUT2D eigenvalue weighted by Crippen LogP contribution is 2.20. The first-order valence-electron chi connectivity index (χ1n) is 6.29. The van der Waals surface area contributed by atoms with Gasteiger partial charge in [0.05, 0.1) is 11.3 Å². The quantitative estimate of drug-likeness (QED) is 0.714. The molecule has 0 radical (unpaired) electrons. The molecule has 1 aromatic rings. The Labute approximate surface area is 121 Å². The Kier molecular flexibility index (Phi) is 6.98. The normalized spacial score (nSPS) is 9.89. The fraction of sp³-hybridized carbons (Fsp3) is 0.429. The summed E-state index contributed by atoms with van der Waals surface area (Å²) in [5, 5.41) is 20.7. The number of nitriles is 1. The standard InChI is InChI=1S/C14H17BrN2O2/c15-12-7-6-11(10-16)13(9-12)17-8-4-2-1-3-5-14(18)19/h6-7,9,17H,1-5,8H2,(H,18,19). The number of aliphatic carboxylic acids is 1. The predicted octanol–water partition coefficient (Wildman–Crippen LogP) is 3.77. The number of carbonyl (C=O) groups is 1. The monoisotopic (exact) mass is 324 g/mol. The van der Waals surface area contributed by atoms with E-state index < -0.39 is 5.97 Å². The predicted molar refractivity (Wildman–Crippen MR) is 78.1 cm³/mol. The Hall–Kier alpha value is -1.54. The van der Waals surface area contributed by atoms with Crippen molar-refractivity contribution in [2.45, 2.75) is 32.1 Å². The average Bonchev–Trinajstić information content (AvgIpc) is 2.37. The molecule has 4 nitrogen and oxygen atoms in total. The molecule has 0 aliphatic carbocycles. The fourth-order valence-electron chi connectivity index (χ4n) is 1.74. The number of hydrogen-bond acceptors (Lipinski definition) is 3. The van der Waals surface area contributed by atoms with Crippen LogP contribution in [-0.2, 0) is 4.79 Å². The van der Waals surface area contributed by atoms with Crippen LogP contribution in [0.3, 0.4) is 0 Å². The lowest BCUT2D eigenvalue weighted by Gasteiger charge is -2.08. The number of halogens is 1. The number of unbranched alkanes of at least 4 members (excludes halogenated alkanes) is 3. The van der Waals surface area contributed by atoms with Gasteiger partial charge in [0.15, 0.2) is 0 Å². The summed E-state index contributed by atoms with van der Waals surface area (Å²) in [4.78, 5) is 10.3. The van der Waals surface area contributed by atoms with Gasteiger partial charge in [-0.1, -0.05) is 28.8 Å². The van der Waals surface area contributed by atoms with Crippen molar-refractivity contribution < 1.29 is 9.90 Å². The van der Waals surface area contributed by atoms with E-state index in [1.54, 1.807) is 6.07 Å². The third kappa shape index (κ3) is 6.25. The van der Waals surface area contributed by atoms with Crippen molar-refractivity contribution in [1.29, 1.82) is 5.26 Å². The minimum absolute atomic E-state index is 0.248. The van der Waals surface area contributed by atoms with Gasteiger partial charge < -0.3 is 10.4 Å². The van der Waals surface area contributed by atoms with Gasteiger partial charge in [-0.3, -0.25) is 4.79 Å². The summed E-state index contributed by atoms with van der Waals surface area (Å²) >= 11 is 3.38. The van der Waals surface area contributed by atoms with Gasteiger partial charge in [0, 0.05) is 17.4 Å². The number of nitrogens with zero attached hydrogens (tertiary/aromatic N) is 1. The highest BCUT2D eigenvalue weighted by atomic mass is 79.9. The third-order valence-corrected chi connectivity index (χ3v) is 3.23. The maximum absolute atomic E-state index is 10.3. The van der Waals surface area contributed by atoms with E-state index in [0.717, 1.165) is 42.4 Å². The number of anilines is 1. The average molecular weight is 325 g/mol. The molecule has 0 unspecified atom stereocenters. The van der Waals surface area contributed by atoms with Crippen LogP contribution >= 0.6 is 15.9 Å². The van der Waals surface area contributed by atoms with Crippen molar-refractivity contribution in [3.8, 4) is 6.07 Å². The SMILES string of the molecule is N#Cc1ccc(Br)cc1NCCCCCCC(=O)O. The number of benzene rings is 1. The van der Waals surface area contributed by atoms with Crippen LogP contribution in [0.2, 0.25) is 0 Å². The molecule has 0 saturated carbocycles. The van der Waals surface area contributed by atoms with Gasteiger partial charge in [-0.2, -0.15) is 5.26 Å². The lowest BCUT2D eigenvalue weighted by molar-refractivity contribution is -0.137. The molecule has 0 heterocycles. The molecule has 1 aromatic carbocycles. The molecule has 0 aliphatic heterocycles. The molecule has 0 atom stereocenters. The van der Waals surface area contributed by atoms with Crippen molar-refractivity contribution in [1.82, 2.24) is 0 Å². The molecule has 19 heavy (non-hydrogen) atoms. The zero-order valence-electron chi connectivity index (χ0n) is 10.7. The number of carboxylic acid groups (broad SMARTS) is 1. The van der Waals surface area contributed by atoms with Gasteiger partial charge in [0.1, 0.15) is 6.07 Å². The van der Waals surface area contributed by atoms with E-state index in [0.29, 0.717) is 5.56 Å². The zero-order chi connectivity index (χ0) is 14.1. The molecule has 0 fully saturated rings. The van der Waals surface area contributed by atoms with Crippen LogP contribution in [0.1, 0.15) is 37.7 Å². The number of rotatable bonds is 8. The van der Waals surface area contributed by atoms with Crippen molar-refractivity contribution in [2.24, 2.45) is 0 Å². The zero-order valence-corrected chi connectivity index (χ0v) is 12.2. The first-order chi connectivity index (χ1) is 9.13. The molecular weight excluding hydrogens is 308 g/mol. The Bertz CT molecular complexity index is 469. The molecule has 1 rings (SSSR count). The smallest absolute Gasteiger partial charge is 0.303 e. The topological polar surface area (TPSA) is 73.1 Å². The van der Waals surface area contributed by atoms with Gasteiger partial charge in [-0.25, -0.2) is 0 Å². The third-order valence-electron chi connectivity index (χ3n) is 2.73. The molecule has 2 N–H and O–H groups in total. The second-order valence-corrected chi connectivity index (χ2v) is 5.20. The van der Waals surface area contributed by atoms with E-state index in [4.69, 9.17) is 10.4 Å². The van der Waals surface area contributed by atoms with Crippen molar-refractivity contribution >= 4 is 27.6 Å². The van der Waals surface area contributed by atoms with Gasteiger partial charge in [0.25, 0.3) is 0 Å². The van der Waals surface area contributed by atoms with E-state index in [9.17, 15) is 4.79 Å². The van der Waals surface area contributed by atoms with Gasteiger partial charge >= 0.3 is 5.97 Å². The summed E-state index contributed by atoms with van der Waals surface area (Å²) in [6.45, 7) is 0.790. The summed E-state index contributed by atoms with van der Waals surface area (Å²) in [7, 11) is 0. The molecule has 0 bridgehead atoms. The molecular formula is C14H17BrN2O2. The maximum Gasteiger partial charge on any atom is 0.303 e. The molecule has 0 aromatic heterocycles. The van der Waals surface area contributed by atoms with E-state index in [-0.39, 0.29) is 6.42 Å². The maximum atomic E-state index is 10.3. The fourth-order valence-corrected chi connectivity index (χ4v) is 2.10. The number of carboxylic acids is 1. The van der Waals surface area contributed by atoms with Crippen LogP contribution in [0.5, 0.6) is 0 Å². The second-order valence-electron chi connectivity index (χ2n) is 4.29. The Morgan fingerprint density at radius 1 is 1.32 bits per heavy atom. The van der Waals surface area contributed by atoms with Crippen LogP contribution in [0, 0.1) is 11.3 Å². The van der Waals surface area contributed by atoms with Gasteiger partial charge in [-0.15, -0.1) is 0 Å². The minimum atomic E-state index is -0.731. The van der Waals surface area contributed by atoms with Crippen LogP contribution in [0.4, 0.5) is 5.69 Å². The van der Waals surface area contributed by atoms with Crippen molar-refractivity contribution in [3.63, 3.8) is 0 Å². The Balaban J connectivity index is 2.24. The van der Waals surface area contributed by atoms with E-state index in [1.807, 2.05) is 12.1 Å². The first kappa shape index (κ1) is 15.5. The second kappa shape index (κ2) is 8.54. The van der Waals surface area contributed by atoms with Crippen LogP contribution in [0.25, 0.3) is 0 Å². The Morgan fingerprint density at radius 2 is 2.05 bits per heavy atom.